The average molecular weight is 360 g/mol. The van der Waals surface area contributed by atoms with Crippen molar-refractivity contribution in [2.75, 3.05) is 0 Å². The van der Waals surface area contributed by atoms with Gasteiger partial charge in [0.15, 0.2) is 0 Å². The first-order valence-electron chi connectivity index (χ1n) is 7.09. The molecule has 20 heavy (non-hydrogen) atoms. The Morgan fingerprint density at radius 3 is 2.80 bits per heavy atom. The topological polar surface area (TPSA) is 17.8 Å². The van der Waals surface area contributed by atoms with Gasteiger partial charge in [0.05, 0.1) is 21.4 Å². The van der Waals surface area contributed by atoms with Crippen LogP contribution in [0.5, 0.6) is 0 Å². The van der Waals surface area contributed by atoms with Gasteiger partial charge in [0.25, 0.3) is 0 Å². The maximum atomic E-state index is 13.6. The molecule has 1 aromatic heterocycles. The van der Waals surface area contributed by atoms with Crippen molar-refractivity contribution in [3.63, 3.8) is 0 Å². The van der Waals surface area contributed by atoms with Gasteiger partial charge in [-0.3, -0.25) is 0 Å². The van der Waals surface area contributed by atoms with E-state index in [2.05, 4.69) is 25.5 Å². The molecule has 0 amide bonds. The van der Waals surface area contributed by atoms with E-state index in [-0.39, 0.29) is 5.82 Å². The van der Waals surface area contributed by atoms with Crippen molar-refractivity contribution in [3.8, 4) is 0 Å². The zero-order valence-corrected chi connectivity index (χ0v) is 13.6. The number of halogens is 3. The van der Waals surface area contributed by atoms with Gasteiger partial charge in [-0.15, -0.1) is 11.6 Å². The summed E-state index contributed by atoms with van der Waals surface area (Å²) in [4.78, 5) is 4.45. The summed E-state index contributed by atoms with van der Waals surface area (Å²) in [5.74, 6) is 1.73. The quantitative estimate of drug-likeness (QED) is 0.681. The second-order valence-corrected chi connectivity index (χ2v) is 6.63. The summed E-state index contributed by atoms with van der Waals surface area (Å²) in [7, 11) is 0. The first-order chi connectivity index (χ1) is 9.69. The molecule has 108 valence electrons. The lowest BCUT2D eigenvalue weighted by molar-refractivity contribution is 0.458. The second kappa shape index (κ2) is 6.02. The van der Waals surface area contributed by atoms with E-state index in [1.54, 1.807) is 0 Å². The van der Waals surface area contributed by atoms with E-state index in [1.807, 2.05) is 6.07 Å². The van der Waals surface area contributed by atoms with E-state index >= 15 is 0 Å². The minimum atomic E-state index is -0.279. The second-order valence-electron chi connectivity index (χ2n) is 5.51. The Balaban J connectivity index is 1.92. The molecule has 0 N–H and O–H groups in total. The van der Waals surface area contributed by atoms with Crippen LogP contribution in [-0.4, -0.2) is 9.55 Å². The number of rotatable bonds is 4. The molecule has 2 nitrogen and oxygen atoms in total. The van der Waals surface area contributed by atoms with Crippen LogP contribution in [0.4, 0.5) is 4.39 Å². The zero-order valence-electron chi connectivity index (χ0n) is 11.2. The van der Waals surface area contributed by atoms with Crippen LogP contribution >= 0.6 is 27.5 Å². The Bertz CT molecular complexity index is 620. The molecule has 0 atom stereocenters. The normalized spacial score (nSPS) is 16.4. The molecule has 5 heteroatoms. The van der Waals surface area contributed by atoms with E-state index in [9.17, 15) is 4.39 Å². The molecule has 0 bridgehead atoms. The number of imidazole rings is 1. The molecule has 3 rings (SSSR count). The number of aromatic nitrogens is 2. The molecular weight excluding hydrogens is 343 g/mol. The first kappa shape index (κ1) is 14.3. The Labute approximate surface area is 131 Å². The van der Waals surface area contributed by atoms with E-state index in [1.165, 1.54) is 31.7 Å². The SMILES string of the molecule is Fc1cc2nc(CCl)n(CCC3CCCC3)c2cc1Br. The summed E-state index contributed by atoms with van der Waals surface area (Å²) in [6.45, 7) is 0.918. The fourth-order valence-electron chi connectivity index (χ4n) is 3.13. The molecule has 1 fully saturated rings. The predicted octanol–water partition coefficient (Wildman–Crippen LogP) is 5.26. The van der Waals surface area contributed by atoms with Gasteiger partial charge in [-0.2, -0.15) is 0 Å². The highest BCUT2D eigenvalue weighted by molar-refractivity contribution is 9.10. The summed E-state index contributed by atoms with van der Waals surface area (Å²) >= 11 is 9.24. The number of aryl methyl sites for hydroxylation is 1. The van der Waals surface area contributed by atoms with Gasteiger partial charge in [0.2, 0.25) is 0 Å². The lowest BCUT2D eigenvalue weighted by Crippen LogP contribution is -2.06. The lowest BCUT2D eigenvalue weighted by Gasteiger charge is -2.12. The highest BCUT2D eigenvalue weighted by Crippen LogP contribution is 2.30. The molecule has 1 heterocycles. The number of hydrogen-bond donors (Lipinski definition) is 0. The fraction of sp³-hybridized carbons (Fsp3) is 0.533. The molecule has 1 aliphatic rings. The molecular formula is C15H17BrClFN2. The molecule has 0 spiro atoms. The highest BCUT2D eigenvalue weighted by Gasteiger charge is 2.17. The maximum Gasteiger partial charge on any atom is 0.139 e. The Morgan fingerprint density at radius 2 is 2.10 bits per heavy atom. The minimum Gasteiger partial charge on any atom is -0.327 e. The number of nitrogens with zero attached hydrogens (tertiary/aromatic N) is 2. The van der Waals surface area contributed by atoms with E-state index in [0.29, 0.717) is 15.9 Å². The summed E-state index contributed by atoms with van der Waals surface area (Å²) in [6, 6.07) is 3.28. The third-order valence-electron chi connectivity index (χ3n) is 4.22. The van der Waals surface area contributed by atoms with Crippen LogP contribution in [-0.2, 0) is 12.4 Å². The van der Waals surface area contributed by atoms with Crippen LogP contribution in [0.3, 0.4) is 0 Å². The van der Waals surface area contributed by atoms with E-state index in [4.69, 9.17) is 11.6 Å². The maximum absolute atomic E-state index is 13.6. The zero-order chi connectivity index (χ0) is 14.1. The average Bonchev–Trinajstić information content (AvgIpc) is 3.05. The third-order valence-corrected chi connectivity index (χ3v) is 5.07. The van der Waals surface area contributed by atoms with Crippen LogP contribution in [0.15, 0.2) is 16.6 Å². The van der Waals surface area contributed by atoms with Crippen molar-refractivity contribution >= 4 is 38.6 Å². The van der Waals surface area contributed by atoms with Gasteiger partial charge in [-0.25, -0.2) is 9.37 Å². The van der Waals surface area contributed by atoms with Gasteiger partial charge in [-0.1, -0.05) is 25.7 Å². The summed E-state index contributed by atoms with van der Waals surface area (Å²) in [5, 5.41) is 0. The largest absolute Gasteiger partial charge is 0.327 e. The molecule has 2 aromatic rings. The Hall–Kier alpha value is -0.610. The molecule has 1 aromatic carbocycles. The molecule has 1 aliphatic carbocycles. The smallest absolute Gasteiger partial charge is 0.139 e. The highest BCUT2D eigenvalue weighted by atomic mass is 79.9. The van der Waals surface area contributed by atoms with Crippen molar-refractivity contribution in [2.45, 2.75) is 44.5 Å². The van der Waals surface area contributed by atoms with Crippen molar-refractivity contribution in [2.24, 2.45) is 5.92 Å². The molecule has 0 unspecified atom stereocenters. The van der Waals surface area contributed by atoms with Gasteiger partial charge >= 0.3 is 0 Å². The van der Waals surface area contributed by atoms with Crippen LogP contribution in [0.25, 0.3) is 11.0 Å². The number of alkyl halides is 1. The number of fused-ring (bicyclic) bond motifs is 1. The van der Waals surface area contributed by atoms with Crippen LogP contribution in [0, 0.1) is 11.7 Å². The van der Waals surface area contributed by atoms with E-state index < -0.39 is 0 Å². The van der Waals surface area contributed by atoms with Gasteiger partial charge < -0.3 is 4.57 Å². The Kier molecular flexibility index (Phi) is 4.32. The minimum absolute atomic E-state index is 0.279. The summed E-state index contributed by atoms with van der Waals surface area (Å²) in [5.41, 5.74) is 1.65. The fourth-order valence-corrected chi connectivity index (χ4v) is 3.67. The van der Waals surface area contributed by atoms with Crippen molar-refractivity contribution in [3.05, 3.63) is 28.2 Å². The standard InChI is InChI=1S/C15H17BrClFN2/c16-11-7-14-13(8-12(11)18)19-15(9-17)20(14)6-5-10-3-1-2-4-10/h7-8,10H,1-6,9H2. The molecule has 0 radical (unpaired) electrons. The van der Waals surface area contributed by atoms with Gasteiger partial charge in [0, 0.05) is 12.6 Å². The monoisotopic (exact) mass is 358 g/mol. The summed E-state index contributed by atoms with van der Waals surface area (Å²) < 4.78 is 16.2. The molecule has 0 aliphatic heterocycles. The van der Waals surface area contributed by atoms with Crippen molar-refractivity contribution in [1.29, 1.82) is 0 Å². The van der Waals surface area contributed by atoms with Gasteiger partial charge in [0.1, 0.15) is 11.6 Å². The number of hydrogen-bond acceptors (Lipinski definition) is 1. The number of benzene rings is 1. The first-order valence-corrected chi connectivity index (χ1v) is 8.42. The third kappa shape index (κ3) is 2.73. The van der Waals surface area contributed by atoms with Crippen LogP contribution in [0.2, 0.25) is 0 Å². The Morgan fingerprint density at radius 1 is 1.35 bits per heavy atom. The summed E-state index contributed by atoms with van der Waals surface area (Å²) in [6.07, 6.45) is 6.54. The molecule has 1 saturated carbocycles. The van der Waals surface area contributed by atoms with E-state index in [0.717, 1.165) is 30.2 Å². The van der Waals surface area contributed by atoms with Gasteiger partial charge in [-0.05, 0) is 34.3 Å². The van der Waals surface area contributed by atoms with Crippen LogP contribution in [0.1, 0.15) is 37.9 Å². The lowest BCUT2D eigenvalue weighted by atomic mass is 10.0. The van der Waals surface area contributed by atoms with Crippen LogP contribution < -0.4 is 0 Å². The van der Waals surface area contributed by atoms with Crippen molar-refractivity contribution in [1.82, 2.24) is 9.55 Å². The predicted molar refractivity (Wildman–Crippen MR) is 83.5 cm³/mol. The van der Waals surface area contributed by atoms with Crippen molar-refractivity contribution < 1.29 is 4.39 Å². The molecule has 0 saturated heterocycles.